The van der Waals surface area contributed by atoms with Crippen LogP contribution in [0.25, 0.3) is 0 Å². The van der Waals surface area contributed by atoms with Crippen molar-refractivity contribution in [1.82, 2.24) is 4.90 Å². The van der Waals surface area contributed by atoms with Gasteiger partial charge in [-0.15, -0.1) is 0 Å². The van der Waals surface area contributed by atoms with Gasteiger partial charge in [-0.3, -0.25) is 4.90 Å². The smallest absolute Gasteiger partial charge is 0.0236 e. The van der Waals surface area contributed by atoms with Crippen LogP contribution in [0.2, 0.25) is 0 Å². The Balaban J connectivity index is 1.57. The lowest BCUT2D eigenvalue weighted by atomic mass is 9.80. The maximum Gasteiger partial charge on any atom is 0.0236 e. The summed E-state index contributed by atoms with van der Waals surface area (Å²) in [5, 5.41) is 0. The van der Waals surface area contributed by atoms with Gasteiger partial charge >= 0.3 is 0 Å². The Morgan fingerprint density at radius 1 is 0.909 bits per heavy atom. The van der Waals surface area contributed by atoms with Crippen molar-refractivity contribution < 1.29 is 0 Å². The van der Waals surface area contributed by atoms with E-state index in [-0.39, 0.29) is 0 Å². The number of aryl methyl sites for hydroxylation is 1. The largest absolute Gasteiger partial charge is 0.296 e. The van der Waals surface area contributed by atoms with Crippen LogP contribution >= 0.6 is 0 Å². The van der Waals surface area contributed by atoms with Crippen LogP contribution in [-0.2, 0) is 19.4 Å². The zero-order valence-electron chi connectivity index (χ0n) is 13.5. The molecule has 2 aliphatic heterocycles. The molecule has 2 aromatic carbocycles. The molecule has 2 aromatic rings. The van der Waals surface area contributed by atoms with Crippen molar-refractivity contribution in [1.29, 1.82) is 0 Å². The molecule has 1 aliphatic carbocycles. The molecule has 1 heteroatoms. The van der Waals surface area contributed by atoms with E-state index in [0.29, 0.717) is 0 Å². The molecule has 22 heavy (non-hydrogen) atoms. The van der Waals surface area contributed by atoms with Crippen molar-refractivity contribution in [2.24, 2.45) is 5.92 Å². The maximum absolute atomic E-state index is 2.74. The van der Waals surface area contributed by atoms with Gasteiger partial charge < -0.3 is 0 Å². The first-order valence-corrected chi connectivity index (χ1v) is 8.64. The van der Waals surface area contributed by atoms with E-state index in [1.807, 2.05) is 0 Å². The van der Waals surface area contributed by atoms with Crippen molar-refractivity contribution in [3.05, 3.63) is 70.8 Å². The lowest BCUT2D eigenvalue weighted by Crippen LogP contribution is -2.46. The number of hydrogen-bond donors (Lipinski definition) is 0. The van der Waals surface area contributed by atoms with Crippen LogP contribution in [0.15, 0.2) is 48.5 Å². The van der Waals surface area contributed by atoms with Crippen LogP contribution < -0.4 is 0 Å². The quantitative estimate of drug-likeness (QED) is 0.794. The molecular formula is C21H25N. The first-order valence-electron chi connectivity index (χ1n) is 8.64. The third kappa shape index (κ3) is 2.83. The van der Waals surface area contributed by atoms with Gasteiger partial charge in [0.1, 0.15) is 0 Å². The highest BCUT2D eigenvalue weighted by Gasteiger charge is 2.31. The van der Waals surface area contributed by atoms with E-state index in [2.05, 4.69) is 60.4 Å². The van der Waals surface area contributed by atoms with Crippen LogP contribution in [0.3, 0.4) is 0 Å². The van der Waals surface area contributed by atoms with E-state index in [1.54, 1.807) is 11.1 Å². The molecule has 1 nitrogen and oxygen atoms in total. The van der Waals surface area contributed by atoms with Gasteiger partial charge in [0, 0.05) is 19.1 Å². The number of rotatable bonds is 2. The summed E-state index contributed by atoms with van der Waals surface area (Å²) in [6, 6.07) is 18.9. The normalized spacial score (nSPS) is 24.6. The highest BCUT2D eigenvalue weighted by atomic mass is 15.2. The molecule has 2 heterocycles. The molecular weight excluding hydrogens is 266 g/mol. The number of fused-ring (bicyclic) bond motifs is 2. The second-order valence-electron chi connectivity index (χ2n) is 7.19. The second kappa shape index (κ2) is 5.89. The summed E-state index contributed by atoms with van der Waals surface area (Å²) in [5.41, 5.74) is 6.01. The third-order valence-electron chi connectivity index (χ3n) is 5.51. The minimum Gasteiger partial charge on any atom is -0.296 e. The summed E-state index contributed by atoms with van der Waals surface area (Å²) >= 11 is 0. The fourth-order valence-electron chi connectivity index (χ4n) is 4.22. The summed E-state index contributed by atoms with van der Waals surface area (Å²) < 4.78 is 0. The Kier molecular flexibility index (Phi) is 3.75. The van der Waals surface area contributed by atoms with E-state index >= 15 is 0 Å². The Hall–Kier alpha value is -1.60. The fraction of sp³-hybridized carbons (Fsp3) is 0.429. The average Bonchev–Trinajstić information content (AvgIpc) is 2.50. The molecule has 0 amide bonds. The van der Waals surface area contributed by atoms with E-state index < -0.39 is 0 Å². The molecule has 1 fully saturated rings. The highest BCUT2D eigenvalue weighted by molar-refractivity contribution is 5.30. The number of piperidine rings is 1. The van der Waals surface area contributed by atoms with Crippen LogP contribution in [0, 0.1) is 12.8 Å². The number of nitrogens with zero attached hydrogens (tertiary/aromatic N) is 1. The molecule has 0 aromatic heterocycles. The van der Waals surface area contributed by atoms with E-state index in [0.717, 1.165) is 18.5 Å². The van der Waals surface area contributed by atoms with E-state index in [9.17, 15) is 0 Å². The first kappa shape index (κ1) is 14.0. The number of benzene rings is 2. The molecule has 0 spiro atoms. The summed E-state index contributed by atoms with van der Waals surface area (Å²) in [5.74, 6) is 0.836. The lowest BCUT2D eigenvalue weighted by Gasteiger charge is -2.42. The topological polar surface area (TPSA) is 3.24 Å². The van der Waals surface area contributed by atoms with Crippen molar-refractivity contribution >= 4 is 0 Å². The van der Waals surface area contributed by atoms with Crippen molar-refractivity contribution in [2.75, 3.05) is 6.54 Å². The zero-order chi connectivity index (χ0) is 14.9. The summed E-state index contributed by atoms with van der Waals surface area (Å²) in [6.07, 6.45) is 5.27. The predicted molar refractivity (Wildman–Crippen MR) is 92.0 cm³/mol. The zero-order valence-corrected chi connectivity index (χ0v) is 13.5. The van der Waals surface area contributed by atoms with Gasteiger partial charge in [0.15, 0.2) is 0 Å². The van der Waals surface area contributed by atoms with Gasteiger partial charge in [-0.25, -0.2) is 0 Å². The molecule has 114 valence electrons. The van der Waals surface area contributed by atoms with Crippen molar-refractivity contribution in [2.45, 2.75) is 45.2 Å². The minimum atomic E-state index is 0.721. The summed E-state index contributed by atoms with van der Waals surface area (Å²) in [6.45, 7) is 4.55. The fourth-order valence-corrected chi connectivity index (χ4v) is 4.22. The van der Waals surface area contributed by atoms with Gasteiger partial charge in [0.25, 0.3) is 0 Å². The van der Waals surface area contributed by atoms with Crippen LogP contribution in [0.1, 0.15) is 35.1 Å². The van der Waals surface area contributed by atoms with Crippen molar-refractivity contribution in [3.63, 3.8) is 0 Å². The standard InChI is InChI=1S/C21H25N/c1-16-6-8-17(9-7-16)14-22-15-18-10-11-21(22)13-20-5-3-2-4-19(20)12-18/h2-9,18,21H,10-15H2,1H3/t18-,21+/m1/s1. The van der Waals surface area contributed by atoms with Gasteiger partial charge in [0.05, 0.1) is 0 Å². The van der Waals surface area contributed by atoms with Crippen LogP contribution in [0.5, 0.6) is 0 Å². The SMILES string of the molecule is Cc1ccc(CN2C[C@@H]3CC[C@H]2Cc2ccccc2C3)cc1. The lowest BCUT2D eigenvalue weighted by molar-refractivity contribution is 0.0938. The summed E-state index contributed by atoms with van der Waals surface area (Å²) in [7, 11) is 0. The van der Waals surface area contributed by atoms with Gasteiger partial charge in [-0.05, 0) is 55.2 Å². The van der Waals surface area contributed by atoms with Gasteiger partial charge in [-0.2, -0.15) is 0 Å². The van der Waals surface area contributed by atoms with Gasteiger partial charge in [-0.1, -0.05) is 54.1 Å². The molecule has 2 atom stereocenters. The summed E-state index contributed by atoms with van der Waals surface area (Å²) in [4.78, 5) is 2.74. The highest BCUT2D eigenvalue weighted by Crippen LogP contribution is 2.33. The molecule has 2 bridgehead atoms. The van der Waals surface area contributed by atoms with Gasteiger partial charge in [0.2, 0.25) is 0 Å². The minimum absolute atomic E-state index is 0.721. The van der Waals surface area contributed by atoms with Crippen molar-refractivity contribution in [3.8, 4) is 0 Å². The Bertz CT molecular complexity index is 643. The Morgan fingerprint density at radius 3 is 2.41 bits per heavy atom. The Morgan fingerprint density at radius 2 is 1.64 bits per heavy atom. The van der Waals surface area contributed by atoms with Crippen LogP contribution in [0.4, 0.5) is 0 Å². The molecule has 0 radical (unpaired) electrons. The van der Waals surface area contributed by atoms with E-state index in [4.69, 9.17) is 0 Å². The molecule has 0 saturated carbocycles. The van der Waals surface area contributed by atoms with Crippen LogP contribution in [-0.4, -0.2) is 17.5 Å². The van der Waals surface area contributed by atoms with E-state index in [1.165, 1.54) is 43.4 Å². The third-order valence-corrected chi connectivity index (χ3v) is 5.51. The molecule has 3 aliphatic rings. The average molecular weight is 291 g/mol. The maximum atomic E-state index is 2.74. The number of hydrogen-bond acceptors (Lipinski definition) is 1. The molecule has 0 unspecified atom stereocenters. The Labute approximate surface area is 134 Å². The monoisotopic (exact) mass is 291 g/mol. The molecule has 1 saturated heterocycles. The predicted octanol–water partition coefficient (Wildman–Crippen LogP) is 4.37. The first-order chi connectivity index (χ1) is 10.8. The second-order valence-corrected chi connectivity index (χ2v) is 7.19. The molecule has 5 rings (SSSR count). The molecule has 0 N–H and O–H groups in total.